The fourth-order valence-corrected chi connectivity index (χ4v) is 4.63. The maximum Gasteiger partial charge on any atom is 0.263 e. The Morgan fingerprint density at radius 2 is 1.55 bits per heavy atom. The number of aryl methyl sites for hydroxylation is 1. The second-order valence-electron chi connectivity index (χ2n) is 4.78. The van der Waals surface area contributed by atoms with E-state index in [1.54, 1.807) is 6.92 Å². The lowest BCUT2D eigenvalue weighted by Gasteiger charge is -2.13. The average molecular weight is 343 g/mol. The molecule has 0 aliphatic carbocycles. The van der Waals surface area contributed by atoms with Crippen LogP contribution in [0.25, 0.3) is 0 Å². The number of sulfone groups is 1. The second kappa shape index (κ2) is 5.69. The van der Waals surface area contributed by atoms with Crippen molar-refractivity contribution in [2.45, 2.75) is 16.7 Å². The highest BCUT2D eigenvalue weighted by molar-refractivity contribution is 7.95. The summed E-state index contributed by atoms with van der Waals surface area (Å²) in [6.07, 6.45) is 0.925. The van der Waals surface area contributed by atoms with Gasteiger partial charge in [-0.05, 0) is 36.8 Å². The van der Waals surface area contributed by atoms with Gasteiger partial charge in [-0.1, -0.05) is 18.2 Å². The van der Waals surface area contributed by atoms with Crippen molar-refractivity contribution in [1.82, 2.24) is 0 Å². The van der Waals surface area contributed by atoms with Crippen molar-refractivity contribution < 1.29 is 21.2 Å². The Morgan fingerprint density at radius 3 is 2.14 bits per heavy atom. The molecule has 0 amide bonds. The predicted molar refractivity (Wildman–Crippen MR) is 81.5 cm³/mol. The Morgan fingerprint density at radius 1 is 0.955 bits per heavy atom. The molecule has 0 aliphatic rings. The molecule has 0 bridgehead atoms. The molecule has 0 radical (unpaired) electrons. The van der Waals surface area contributed by atoms with E-state index in [4.69, 9.17) is 0 Å². The van der Waals surface area contributed by atoms with E-state index in [1.165, 1.54) is 36.4 Å². The third-order valence-electron chi connectivity index (χ3n) is 2.98. The molecular weight excluding hydrogens is 329 g/mol. The van der Waals surface area contributed by atoms with Crippen molar-refractivity contribution in [3.8, 4) is 0 Å². The number of rotatable bonds is 4. The minimum Gasteiger partial charge on any atom is -0.279 e. The summed E-state index contributed by atoms with van der Waals surface area (Å²) in [6.45, 7) is 1.61. The Labute approximate surface area is 128 Å². The van der Waals surface area contributed by atoms with Crippen LogP contribution in [0.4, 0.5) is 10.1 Å². The van der Waals surface area contributed by atoms with Gasteiger partial charge in [-0.3, -0.25) is 4.72 Å². The van der Waals surface area contributed by atoms with E-state index in [2.05, 4.69) is 4.72 Å². The fourth-order valence-electron chi connectivity index (χ4n) is 1.88. The molecule has 22 heavy (non-hydrogen) atoms. The Hall–Kier alpha value is -1.93. The molecule has 1 N–H and O–H groups in total. The molecule has 5 nitrogen and oxygen atoms in total. The molecule has 0 fully saturated rings. The SMILES string of the molecule is Cc1ccc(F)cc1NS(=O)(=O)c1ccccc1S(C)(=O)=O. The molecule has 118 valence electrons. The standard InChI is InChI=1S/C14H14FNO4S2/c1-10-7-8-11(15)9-12(10)16-22(19,20)14-6-4-3-5-13(14)21(2,17)18/h3-9,16H,1-2H3. The first-order valence-corrected chi connectivity index (χ1v) is 9.57. The highest BCUT2D eigenvalue weighted by atomic mass is 32.2. The molecule has 2 aromatic carbocycles. The summed E-state index contributed by atoms with van der Waals surface area (Å²) >= 11 is 0. The zero-order valence-electron chi connectivity index (χ0n) is 11.9. The molecule has 0 saturated carbocycles. The first-order chi connectivity index (χ1) is 10.1. The summed E-state index contributed by atoms with van der Waals surface area (Å²) in [5, 5.41) is 0. The van der Waals surface area contributed by atoms with Gasteiger partial charge >= 0.3 is 0 Å². The van der Waals surface area contributed by atoms with Crippen LogP contribution < -0.4 is 4.72 Å². The number of halogens is 1. The molecule has 0 unspecified atom stereocenters. The van der Waals surface area contributed by atoms with Crippen LogP contribution in [-0.2, 0) is 19.9 Å². The maximum atomic E-state index is 13.3. The summed E-state index contributed by atoms with van der Waals surface area (Å²) in [4.78, 5) is -0.683. The number of anilines is 1. The Bertz CT molecular complexity index is 922. The molecule has 0 atom stereocenters. The average Bonchev–Trinajstić information content (AvgIpc) is 2.42. The summed E-state index contributed by atoms with van der Waals surface area (Å²) in [5.41, 5.74) is 0.574. The predicted octanol–water partition coefficient (Wildman–Crippen LogP) is 2.34. The number of nitrogens with one attached hydrogen (secondary N) is 1. The smallest absolute Gasteiger partial charge is 0.263 e. The second-order valence-corrected chi connectivity index (χ2v) is 8.42. The molecule has 0 spiro atoms. The summed E-state index contributed by atoms with van der Waals surface area (Å²) in [6, 6.07) is 8.92. The first kappa shape index (κ1) is 16.4. The summed E-state index contributed by atoms with van der Waals surface area (Å²) in [7, 11) is -7.88. The van der Waals surface area contributed by atoms with E-state index in [0.717, 1.165) is 12.3 Å². The third-order valence-corrected chi connectivity index (χ3v) is 5.69. The highest BCUT2D eigenvalue weighted by Crippen LogP contribution is 2.25. The molecule has 0 saturated heterocycles. The van der Waals surface area contributed by atoms with Crippen LogP contribution in [0.15, 0.2) is 52.3 Å². The van der Waals surface area contributed by atoms with Gasteiger partial charge in [0.2, 0.25) is 0 Å². The Kier molecular flexibility index (Phi) is 4.25. The summed E-state index contributed by atoms with van der Waals surface area (Å²) in [5.74, 6) is -0.598. The van der Waals surface area contributed by atoms with Gasteiger partial charge in [0.25, 0.3) is 10.0 Å². The van der Waals surface area contributed by atoms with Crippen LogP contribution >= 0.6 is 0 Å². The minimum absolute atomic E-state index is 0.0586. The highest BCUT2D eigenvalue weighted by Gasteiger charge is 2.24. The van der Waals surface area contributed by atoms with E-state index in [-0.39, 0.29) is 15.5 Å². The van der Waals surface area contributed by atoms with Crippen LogP contribution in [0.2, 0.25) is 0 Å². The third kappa shape index (κ3) is 3.45. The van der Waals surface area contributed by atoms with Crippen molar-refractivity contribution in [3.63, 3.8) is 0 Å². The van der Waals surface area contributed by atoms with Crippen LogP contribution in [0.1, 0.15) is 5.56 Å². The monoisotopic (exact) mass is 343 g/mol. The zero-order chi connectivity index (χ0) is 16.5. The van der Waals surface area contributed by atoms with E-state index in [9.17, 15) is 21.2 Å². The number of sulfonamides is 1. The molecule has 2 aromatic rings. The maximum absolute atomic E-state index is 13.3. The van der Waals surface area contributed by atoms with Crippen molar-refractivity contribution >= 4 is 25.5 Å². The topological polar surface area (TPSA) is 80.3 Å². The fraction of sp³-hybridized carbons (Fsp3) is 0.143. The van der Waals surface area contributed by atoms with Gasteiger partial charge in [0.15, 0.2) is 9.84 Å². The quantitative estimate of drug-likeness (QED) is 0.924. The van der Waals surface area contributed by atoms with Gasteiger partial charge in [-0.2, -0.15) is 0 Å². The molecular formula is C14H14FNO4S2. The normalized spacial score (nSPS) is 12.1. The summed E-state index contributed by atoms with van der Waals surface area (Å²) < 4.78 is 63.8. The first-order valence-electron chi connectivity index (χ1n) is 6.19. The van der Waals surface area contributed by atoms with Gasteiger partial charge in [-0.25, -0.2) is 21.2 Å². The van der Waals surface area contributed by atoms with Gasteiger partial charge in [0.05, 0.1) is 10.6 Å². The van der Waals surface area contributed by atoms with Crippen LogP contribution in [0.5, 0.6) is 0 Å². The molecule has 0 heterocycles. The van der Waals surface area contributed by atoms with Gasteiger partial charge in [0.1, 0.15) is 10.7 Å². The van der Waals surface area contributed by atoms with Gasteiger partial charge in [-0.15, -0.1) is 0 Å². The van der Waals surface area contributed by atoms with E-state index in [1.807, 2.05) is 0 Å². The largest absolute Gasteiger partial charge is 0.279 e. The van der Waals surface area contributed by atoms with E-state index < -0.39 is 25.7 Å². The lowest BCUT2D eigenvalue weighted by atomic mass is 10.2. The van der Waals surface area contributed by atoms with E-state index in [0.29, 0.717) is 5.56 Å². The number of hydrogen-bond acceptors (Lipinski definition) is 4. The van der Waals surface area contributed by atoms with Crippen molar-refractivity contribution in [3.05, 3.63) is 53.8 Å². The molecule has 0 aromatic heterocycles. The lowest BCUT2D eigenvalue weighted by Crippen LogP contribution is -2.17. The lowest BCUT2D eigenvalue weighted by molar-refractivity contribution is 0.588. The van der Waals surface area contributed by atoms with Crippen molar-refractivity contribution in [2.24, 2.45) is 0 Å². The van der Waals surface area contributed by atoms with E-state index >= 15 is 0 Å². The van der Waals surface area contributed by atoms with Crippen molar-refractivity contribution in [1.29, 1.82) is 0 Å². The number of benzene rings is 2. The van der Waals surface area contributed by atoms with Crippen molar-refractivity contribution in [2.75, 3.05) is 11.0 Å². The molecule has 0 aliphatic heterocycles. The number of hydrogen-bond donors (Lipinski definition) is 1. The van der Waals surface area contributed by atoms with Crippen LogP contribution in [-0.4, -0.2) is 23.1 Å². The Balaban J connectivity index is 2.55. The van der Waals surface area contributed by atoms with Crippen LogP contribution in [0, 0.1) is 12.7 Å². The van der Waals surface area contributed by atoms with Gasteiger partial charge < -0.3 is 0 Å². The molecule has 2 rings (SSSR count). The van der Waals surface area contributed by atoms with Gasteiger partial charge in [0, 0.05) is 6.26 Å². The molecule has 8 heteroatoms. The minimum atomic E-state index is -4.16. The van der Waals surface area contributed by atoms with Crippen LogP contribution in [0.3, 0.4) is 0 Å². The zero-order valence-corrected chi connectivity index (χ0v) is 13.5.